The maximum atomic E-state index is 11.3. The number of rotatable bonds is 1. The van der Waals surface area contributed by atoms with Gasteiger partial charge in [0.05, 0.1) is 6.61 Å². The predicted octanol–water partition coefficient (Wildman–Crippen LogP) is 2.19. The molecule has 2 rings (SSSR count). The summed E-state index contributed by atoms with van der Waals surface area (Å²) in [6.07, 6.45) is 2.20. The van der Waals surface area contributed by atoms with Crippen LogP contribution in [-0.4, -0.2) is 24.2 Å². The lowest BCUT2D eigenvalue weighted by atomic mass is 10.3. The van der Waals surface area contributed by atoms with Crippen molar-refractivity contribution in [1.29, 1.82) is 0 Å². The maximum absolute atomic E-state index is 11.3. The molecule has 0 aliphatic carbocycles. The Hall–Kier alpha value is -1.10. The van der Waals surface area contributed by atoms with Crippen LogP contribution in [0, 0.1) is 0 Å². The van der Waals surface area contributed by atoms with Crippen molar-refractivity contribution in [1.82, 2.24) is 4.98 Å². The summed E-state index contributed by atoms with van der Waals surface area (Å²) in [6.45, 7) is 1.18. The highest BCUT2D eigenvalue weighted by Crippen LogP contribution is 2.17. The summed E-state index contributed by atoms with van der Waals surface area (Å²) in [5.74, 6) is 0.637. The number of ether oxygens (including phenoxy) is 1. The third kappa shape index (κ3) is 1.87. The Morgan fingerprint density at radius 2 is 2.36 bits per heavy atom. The zero-order chi connectivity index (χ0) is 9.97. The fourth-order valence-corrected chi connectivity index (χ4v) is 1.52. The van der Waals surface area contributed by atoms with Gasteiger partial charge in [0.25, 0.3) is 0 Å². The molecule has 1 aliphatic heterocycles. The van der Waals surface area contributed by atoms with Crippen LogP contribution in [0.5, 0.6) is 0 Å². The third-order valence-corrected chi connectivity index (χ3v) is 2.43. The van der Waals surface area contributed by atoms with E-state index in [2.05, 4.69) is 20.9 Å². The summed E-state index contributed by atoms with van der Waals surface area (Å²) in [7, 11) is 0. The molecule has 0 radical (unpaired) electrons. The first-order chi connectivity index (χ1) is 6.77. The molecule has 0 N–H and O–H groups in total. The summed E-state index contributed by atoms with van der Waals surface area (Å²) in [4.78, 5) is 17.0. The van der Waals surface area contributed by atoms with E-state index in [9.17, 15) is 4.79 Å². The van der Waals surface area contributed by atoms with E-state index < -0.39 is 0 Å². The quantitative estimate of drug-likeness (QED) is 0.774. The molecule has 4 nitrogen and oxygen atoms in total. The fourth-order valence-electron chi connectivity index (χ4n) is 1.29. The SMILES string of the molecule is O=C1OCCCN1c1ccc(Br)cn1. The third-order valence-electron chi connectivity index (χ3n) is 1.96. The van der Waals surface area contributed by atoms with Crippen LogP contribution in [0.1, 0.15) is 6.42 Å². The molecule has 1 amide bonds. The normalized spacial score (nSPS) is 16.6. The molecule has 0 unspecified atom stereocenters. The highest BCUT2D eigenvalue weighted by Gasteiger charge is 2.21. The summed E-state index contributed by atoms with van der Waals surface area (Å²) in [6, 6.07) is 3.64. The van der Waals surface area contributed by atoms with Crippen molar-refractivity contribution in [2.75, 3.05) is 18.1 Å². The van der Waals surface area contributed by atoms with Gasteiger partial charge in [0.1, 0.15) is 5.82 Å². The molecule has 0 bridgehead atoms. The molecule has 0 atom stereocenters. The van der Waals surface area contributed by atoms with Crippen molar-refractivity contribution in [2.24, 2.45) is 0 Å². The van der Waals surface area contributed by atoms with Crippen molar-refractivity contribution in [3.63, 3.8) is 0 Å². The highest BCUT2D eigenvalue weighted by atomic mass is 79.9. The Labute approximate surface area is 90.0 Å². The minimum absolute atomic E-state index is 0.314. The number of aromatic nitrogens is 1. The average Bonchev–Trinajstić information content (AvgIpc) is 2.20. The molecule has 0 aromatic carbocycles. The molecule has 1 aromatic rings. The van der Waals surface area contributed by atoms with Crippen LogP contribution in [0.2, 0.25) is 0 Å². The first-order valence-corrected chi connectivity index (χ1v) is 5.12. The van der Waals surface area contributed by atoms with E-state index in [1.165, 1.54) is 4.90 Å². The van der Waals surface area contributed by atoms with Crippen LogP contribution >= 0.6 is 15.9 Å². The summed E-state index contributed by atoms with van der Waals surface area (Å²) >= 11 is 3.29. The van der Waals surface area contributed by atoms with Crippen LogP contribution in [0.15, 0.2) is 22.8 Å². The fraction of sp³-hybridized carbons (Fsp3) is 0.333. The van der Waals surface area contributed by atoms with Crippen LogP contribution < -0.4 is 4.90 Å². The zero-order valence-corrected chi connectivity index (χ0v) is 9.03. The molecule has 0 saturated carbocycles. The van der Waals surface area contributed by atoms with Gasteiger partial charge in [-0.05, 0) is 34.5 Å². The van der Waals surface area contributed by atoms with E-state index in [-0.39, 0.29) is 6.09 Å². The molecule has 1 fully saturated rings. The van der Waals surface area contributed by atoms with E-state index >= 15 is 0 Å². The van der Waals surface area contributed by atoms with Crippen molar-refractivity contribution in [3.05, 3.63) is 22.8 Å². The van der Waals surface area contributed by atoms with E-state index in [1.54, 1.807) is 12.3 Å². The predicted molar refractivity (Wildman–Crippen MR) is 55.2 cm³/mol. The van der Waals surface area contributed by atoms with Gasteiger partial charge in [-0.3, -0.25) is 4.90 Å². The minimum Gasteiger partial charge on any atom is -0.449 e. The molecular weight excluding hydrogens is 248 g/mol. The number of hydrogen-bond acceptors (Lipinski definition) is 3. The Morgan fingerprint density at radius 3 is 3.00 bits per heavy atom. The summed E-state index contributed by atoms with van der Waals surface area (Å²) in [5.41, 5.74) is 0. The van der Waals surface area contributed by atoms with Gasteiger partial charge in [-0.2, -0.15) is 0 Å². The van der Waals surface area contributed by atoms with Crippen molar-refractivity contribution in [2.45, 2.75) is 6.42 Å². The van der Waals surface area contributed by atoms with E-state index in [0.29, 0.717) is 19.0 Å². The van der Waals surface area contributed by atoms with Gasteiger partial charge in [0.15, 0.2) is 0 Å². The molecule has 14 heavy (non-hydrogen) atoms. The Bertz CT molecular complexity index is 339. The Balaban J connectivity index is 2.20. The number of halogens is 1. The molecule has 1 aliphatic rings. The van der Waals surface area contributed by atoms with Gasteiger partial charge in [-0.25, -0.2) is 9.78 Å². The van der Waals surface area contributed by atoms with Crippen molar-refractivity contribution < 1.29 is 9.53 Å². The van der Waals surface area contributed by atoms with Crippen LogP contribution in [0.4, 0.5) is 10.6 Å². The molecule has 2 heterocycles. The van der Waals surface area contributed by atoms with Gasteiger partial charge in [-0.1, -0.05) is 0 Å². The Morgan fingerprint density at radius 1 is 1.50 bits per heavy atom. The van der Waals surface area contributed by atoms with Crippen LogP contribution in [0.3, 0.4) is 0 Å². The van der Waals surface area contributed by atoms with Gasteiger partial charge < -0.3 is 4.74 Å². The van der Waals surface area contributed by atoms with E-state index in [0.717, 1.165) is 10.9 Å². The van der Waals surface area contributed by atoms with Crippen LogP contribution in [-0.2, 0) is 4.74 Å². The number of nitrogens with zero attached hydrogens (tertiary/aromatic N) is 2. The van der Waals surface area contributed by atoms with Crippen molar-refractivity contribution in [3.8, 4) is 0 Å². The zero-order valence-electron chi connectivity index (χ0n) is 7.44. The first-order valence-electron chi connectivity index (χ1n) is 4.33. The van der Waals surface area contributed by atoms with E-state index in [4.69, 9.17) is 4.74 Å². The Kier molecular flexibility index (Phi) is 2.67. The standard InChI is InChI=1S/C9H9BrN2O2/c10-7-2-3-8(11-6-7)12-4-1-5-14-9(12)13/h2-3,6H,1,4-5H2. The maximum Gasteiger partial charge on any atom is 0.415 e. The van der Waals surface area contributed by atoms with Crippen molar-refractivity contribution >= 4 is 27.8 Å². The largest absolute Gasteiger partial charge is 0.449 e. The van der Waals surface area contributed by atoms with Gasteiger partial charge in [0, 0.05) is 17.2 Å². The summed E-state index contributed by atoms with van der Waals surface area (Å²) in [5, 5.41) is 0. The molecule has 0 spiro atoms. The van der Waals surface area contributed by atoms with E-state index in [1.807, 2.05) is 6.07 Å². The lowest BCUT2D eigenvalue weighted by Gasteiger charge is -2.25. The minimum atomic E-state index is -0.314. The van der Waals surface area contributed by atoms with Gasteiger partial charge in [0.2, 0.25) is 0 Å². The topological polar surface area (TPSA) is 42.4 Å². The highest BCUT2D eigenvalue weighted by molar-refractivity contribution is 9.10. The monoisotopic (exact) mass is 256 g/mol. The second kappa shape index (κ2) is 3.96. The lowest BCUT2D eigenvalue weighted by Crippen LogP contribution is -2.38. The first kappa shape index (κ1) is 9.45. The van der Waals surface area contributed by atoms with Gasteiger partial charge >= 0.3 is 6.09 Å². The smallest absolute Gasteiger partial charge is 0.415 e. The second-order valence-electron chi connectivity index (χ2n) is 2.95. The van der Waals surface area contributed by atoms with Gasteiger partial charge in [-0.15, -0.1) is 0 Å². The average molecular weight is 257 g/mol. The molecule has 1 aromatic heterocycles. The second-order valence-corrected chi connectivity index (χ2v) is 3.87. The number of carbonyl (C=O) groups excluding carboxylic acids is 1. The molecule has 74 valence electrons. The number of amides is 1. The lowest BCUT2D eigenvalue weighted by molar-refractivity contribution is 0.140. The molecular formula is C9H9BrN2O2. The van der Waals surface area contributed by atoms with Crippen LogP contribution in [0.25, 0.3) is 0 Å². The number of carbonyl (C=O) groups is 1. The summed E-state index contributed by atoms with van der Waals surface area (Å²) < 4.78 is 5.81. The number of hydrogen-bond donors (Lipinski definition) is 0. The number of pyridine rings is 1. The number of anilines is 1. The number of cyclic esters (lactones) is 1. The molecule has 5 heteroatoms. The molecule has 1 saturated heterocycles.